The number of Topliss-reactive ketones (excluding diaryl/α,β-unsaturated/α-hetero) is 1. The van der Waals surface area contributed by atoms with Gasteiger partial charge in [-0.15, -0.1) is 0 Å². The second-order valence-electron chi connectivity index (χ2n) is 6.12. The standard InChI is InChI=1S/C18H24FN3O3/c1-3-4-17(24)20-12-18(25)22-9-7-21(8-10-22)16-6-5-14(13(2)23)11-15(16)19/h5-6,11H,3-4,7-10,12H2,1-2H3,(H,20,24). The van der Waals surface area contributed by atoms with Gasteiger partial charge < -0.3 is 15.1 Å². The Bertz CT molecular complexity index is 655. The molecule has 1 N–H and O–H groups in total. The van der Waals surface area contributed by atoms with Gasteiger partial charge in [0.05, 0.1) is 12.2 Å². The Balaban J connectivity index is 1.88. The van der Waals surface area contributed by atoms with Crippen molar-refractivity contribution in [2.75, 3.05) is 37.6 Å². The van der Waals surface area contributed by atoms with Gasteiger partial charge in [0.2, 0.25) is 11.8 Å². The average molecular weight is 349 g/mol. The number of nitrogens with zero attached hydrogens (tertiary/aromatic N) is 2. The number of benzene rings is 1. The Kier molecular flexibility index (Phi) is 6.50. The Labute approximate surface area is 147 Å². The number of amides is 2. The van der Waals surface area contributed by atoms with Crippen LogP contribution in [0.2, 0.25) is 0 Å². The van der Waals surface area contributed by atoms with Crippen LogP contribution in [0.1, 0.15) is 37.0 Å². The summed E-state index contributed by atoms with van der Waals surface area (Å²) >= 11 is 0. The first-order chi connectivity index (χ1) is 11.9. The highest BCUT2D eigenvalue weighted by Gasteiger charge is 2.23. The maximum absolute atomic E-state index is 14.2. The van der Waals surface area contributed by atoms with Gasteiger partial charge in [-0.25, -0.2) is 4.39 Å². The van der Waals surface area contributed by atoms with Crippen molar-refractivity contribution >= 4 is 23.3 Å². The second kappa shape index (κ2) is 8.60. The molecule has 25 heavy (non-hydrogen) atoms. The van der Waals surface area contributed by atoms with Gasteiger partial charge in [-0.05, 0) is 31.5 Å². The summed E-state index contributed by atoms with van der Waals surface area (Å²) in [5.74, 6) is -0.857. The molecule has 1 saturated heterocycles. The van der Waals surface area contributed by atoms with E-state index in [1.165, 1.54) is 13.0 Å². The van der Waals surface area contributed by atoms with E-state index in [1.54, 1.807) is 17.0 Å². The number of rotatable bonds is 6. The number of hydrogen-bond donors (Lipinski definition) is 1. The highest BCUT2D eigenvalue weighted by Crippen LogP contribution is 2.22. The van der Waals surface area contributed by atoms with Crippen LogP contribution >= 0.6 is 0 Å². The van der Waals surface area contributed by atoms with Crippen LogP contribution in [-0.4, -0.2) is 55.2 Å². The zero-order valence-corrected chi connectivity index (χ0v) is 14.7. The lowest BCUT2D eigenvalue weighted by molar-refractivity contribution is -0.133. The summed E-state index contributed by atoms with van der Waals surface area (Å²) in [5, 5.41) is 2.61. The van der Waals surface area contributed by atoms with Crippen LogP contribution in [0.4, 0.5) is 10.1 Å². The van der Waals surface area contributed by atoms with E-state index >= 15 is 0 Å². The van der Waals surface area contributed by atoms with Crippen molar-refractivity contribution in [2.24, 2.45) is 0 Å². The van der Waals surface area contributed by atoms with Gasteiger partial charge in [-0.3, -0.25) is 14.4 Å². The summed E-state index contributed by atoms with van der Waals surface area (Å²) in [6.07, 6.45) is 1.16. The fourth-order valence-electron chi connectivity index (χ4n) is 2.78. The molecule has 1 aliphatic heterocycles. The Morgan fingerprint density at radius 1 is 1.16 bits per heavy atom. The molecular formula is C18H24FN3O3. The Morgan fingerprint density at radius 2 is 1.84 bits per heavy atom. The molecular weight excluding hydrogens is 325 g/mol. The predicted molar refractivity (Wildman–Crippen MR) is 93.1 cm³/mol. The lowest BCUT2D eigenvalue weighted by Gasteiger charge is -2.36. The smallest absolute Gasteiger partial charge is 0.242 e. The van der Waals surface area contributed by atoms with E-state index in [-0.39, 0.29) is 24.1 Å². The average Bonchev–Trinajstić information content (AvgIpc) is 2.60. The molecule has 2 amide bonds. The molecule has 0 unspecified atom stereocenters. The van der Waals surface area contributed by atoms with Gasteiger partial charge in [0.25, 0.3) is 0 Å². The maximum Gasteiger partial charge on any atom is 0.242 e. The zero-order chi connectivity index (χ0) is 18.4. The minimum absolute atomic E-state index is 0.000499. The van der Waals surface area contributed by atoms with Crippen molar-refractivity contribution in [3.63, 3.8) is 0 Å². The van der Waals surface area contributed by atoms with E-state index in [0.717, 1.165) is 6.42 Å². The number of halogens is 1. The molecule has 0 aromatic heterocycles. The van der Waals surface area contributed by atoms with E-state index in [1.807, 2.05) is 11.8 Å². The third kappa shape index (κ3) is 5.01. The molecule has 7 heteroatoms. The van der Waals surface area contributed by atoms with Crippen molar-refractivity contribution in [2.45, 2.75) is 26.7 Å². The van der Waals surface area contributed by atoms with Crippen LogP contribution in [-0.2, 0) is 9.59 Å². The normalized spacial score (nSPS) is 14.4. The largest absolute Gasteiger partial charge is 0.366 e. The van der Waals surface area contributed by atoms with Crippen molar-refractivity contribution < 1.29 is 18.8 Å². The van der Waals surface area contributed by atoms with Crippen LogP contribution in [0.5, 0.6) is 0 Å². The fraction of sp³-hybridized carbons (Fsp3) is 0.500. The first kappa shape index (κ1) is 18.9. The highest BCUT2D eigenvalue weighted by atomic mass is 19.1. The number of nitrogens with one attached hydrogen (secondary N) is 1. The maximum atomic E-state index is 14.2. The lowest BCUT2D eigenvalue weighted by atomic mass is 10.1. The van der Waals surface area contributed by atoms with Crippen molar-refractivity contribution in [1.82, 2.24) is 10.2 Å². The van der Waals surface area contributed by atoms with Crippen LogP contribution in [0, 0.1) is 5.82 Å². The van der Waals surface area contributed by atoms with E-state index < -0.39 is 5.82 Å². The lowest BCUT2D eigenvalue weighted by Crippen LogP contribution is -2.51. The molecule has 0 radical (unpaired) electrons. The van der Waals surface area contributed by atoms with E-state index in [4.69, 9.17) is 0 Å². The summed E-state index contributed by atoms with van der Waals surface area (Å²) in [4.78, 5) is 38.4. The van der Waals surface area contributed by atoms with Crippen LogP contribution in [0.3, 0.4) is 0 Å². The van der Waals surface area contributed by atoms with Gasteiger partial charge in [0.15, 0.2) is 5.78 Å². The molecule has 1 aliphatic rings. The van der Waals surface area contributed by atoms with Crippen LogP contribution in [0.15, 0.2) is 18.2 Å². The van der Waals surface area contributed by atoms with Crippen LogP contribution < -0.4 is 10.2 Å². The van der Waals surface area contributed by atoms with Gasteiger partial charge in [0, 0.05) is 38.2 Å². The molecule has 1 aromatic carbocycles. The topological polar surface area (TPSA) is 69.7 Å². The van der Waals surface area contributed by atoms with Crippen molar-refractivity contribution in [3.8, 4) is 0 Å². The molecule has 136 valence electrons. The number of carbonyl (C=O) groups excluding carboxylic acids is 3. The van der Waals surface area contributed by atoms with Crippen molar-refractivity contribution in [3.05, 3.63) is 29.6 Å². The minimum atomic E-state index is -0.431. The third-order valence-electron chi connectivity index (χ3n) is 4.24. The zero-order valence-electron chi connectivity index (χ0n) is 14.7. The number of ketones is 1. The number of carbonyl (C=O) groups is 3. The summed E-state index contributed by atoms with van der Waals surface area (Å²) in [6, 6.07) is 4.47. The molecule has 1 heterocycles. The monoisotopic (exact) mass is 349 g/mol. The predicted octanol–water partition coefficient (Wildman–Crippen LogP) is 1.59. The SMILES string of the molecule is CCCC(=O)NCC(=O)N1CCN(c2ccc(C(C)=O)cc2F)CC1. The molecule has 0 spiro atoms. The Morgan fingerprint density at radius 3 is 2.40 bits per heavy atom. The quantitative estimate of drug-likeness (QED) is 0.792. The molecule has 0 saturated carbocycles. The summed E-state index contributed by atoms with van der Waals surface area (Å²) < 4.78 is 14.2. The molecule has 1 fully saturated rings. The minimum Gasteiger partial charge on any atom is -0.366 e. The number of anilines is 1. The number of hydrogen-bond acceptors (Lipinski definition) is 4. The fourth-order valence-corrected chi connectivity index (χ4v) is 2.78. The first-order valence-corrected chi connectivity index (χ1v) is 8.52. The number of piperazine rings is 1. The summed E-state index contributed by atoms with van der Waals surface area (Å²) in [7, 11) is 0. The van der Waals surface area contributed by atoms with Gasteiger partial charge in [-0.2, -0.15) is 0 Å². The first-order valence-electron chi connectivity index (χ1n) is 8.52. The summed E-state index contributed by atoms with van der Waals surface area (Å²) in [5.41, 5.74) is 0.784. The molecule has 2 rings (SSSR count). The van der Waals surface area contributed by atoms with E-state index in [9.17, 15) is 18.8 Å². The highest BCUT2D eigenvalue weighted by molar-refractivity contribution is 5.94. The third-order valence-corrected chi connectivity index (χ3v) is 4.24. The molecule has 0 atom stereocenters. The molecule has 0 bridgehead atoms. The van der Waals surface area contributed by atoms with E-state index in [0.29, 0.717) is 43.9 Å². The molecule has 6 nitrogen and oxygen atoms in total. The van der Waals surface area contributed by atoms with Gasteiger partial charge in [0.1, 0.15) is 5.82 Å². The van der Waals surface area contributed by atoms with Crippen LogP contribution in [0.25, 0.3) is 0 Å². The van der Waals surface area contributed by atoms with Crippen molar-refractivity contribution in [1.29, 1.82) is 0 Å². The van der Waals surface area contributed by atoms with Gasteiger partial charge in [-0.1, -0.05) is 6.92 Å². The Hall–Kier alpha value is -2.44. The molecule has 1 aromatic rings. The van der Waals surface area contributed by atoms with Gasteiger partial charge >= 0.3 is 0 Å². The van der Waals surface area contributed by atoms with E-state index in [2.05, 4.69) is 5.32 Å². The summed E-state index contributed by atoms with van der Waals surface area (Å²) in [6.45, 7) is 5.25. The second-order valence-corrected chi connectivity index (χ2v) is 6.12. The molecule has 0 aliphatic carbocycles.